The van der Waals surface area contributed by atoms with Gasteiger partial charge in [-0.05, 0) is 41.8 Å². The van der Waals surface area contributed by atoms with Crippen molar-refractivity contribution in [2.24, 2.45) is 10.2 Å². The highest BCUT2D eigenvalue weighted by molar-refractivity contribution is 9.10. The fourth-order valence-electron chi connectivity index (χ4n) is 2.66. The van der Waals surface area contributed by atoms with Gasteiger partial charge in [-0.25, -0.2) is 0 Å². The highest BCUT2D eigenvalue weighted by atomic mass is 79.9. The molecular formula is C20H20BrN3O3S. The van der Waals surface area contributed by atoms with Gasteiger partial charge in [-0.3, -0.25) is 9.69 Å². The van der Waals surface area contributed by atoms with Crippen LogP contribution in [0.15, 0.2) is 57.1 Å². The molecule has 1 amide bonds. The van der Waals surface area contributed by atoms with Crippen LogP contribution in [0.4, 0.5) is 0 Å². The van der Waals surface area contributed by atoms with Crippen LogP contribution in [-0.4, -0.2) is 48.7 Å². The Kier molecular flexibility index (Phi) is 7.11. The minimum absolute atomic E-state index is 0.0445. The van der Waals surface area contributed by atoms with Crippen LogP contribution in [0.3, 0.4) is 0 Å². The van der Waals surface area contributed by atoms with Crippen molar-refractivity contribution in [3.63, 3.8) is 0 Å². The van der Waals surface area contributed by atoms with Gasteiger partial charge in [-0.15, -0.1) is 5.10 Å². The van der Waals surface area contributed by atoms with Crippen molar-refractivity contribution in [3.8, 4) is 11.5 Å². The summed E-state index contributed by atoms with van der Waals surface area (Å²) in [5, 5.41) is 9.01. The average Bonchev–Trinajstić information content (AvgIpc) is 3.07. The summed E-state index contributed by atoms with van der Waals surface area (Å²) in [6.07, 6.45) is 2.36. The average molecular weight is 462 g/mol. The number of amidine groups is 1. The fraction of sp³-hybridized carbons (Fsp3) is 0.250. The molecule has 1 fully saturated rings. The van der Waals surface area contributed by atoms with Gasteiger partial charge in [0.1, 0.15) is 0 Å². The Balaban J connectivity index is 1.66. The highest BCUT2D eigenvalue weighted by Gasteiger charge is 2.28. The third-order valence-corrected chi connectivity index (χ3v) is 5.63. The largest absolute Gasteiger partial charge is 0.493 e. The molecule has 8 heteroatoms. The Labute approximate surface area is 176 Å². The van der Waals surface area contributed by atoms with Gasteiger partial charge >= 0.3 is 0 Å². The molecule has 0 aliphatic carbocycles. The number of thioether (sulfide) groups is 1. The minimum Gasteiger partial charge on any atom is -0.493 e. The second kappa shape index (κ2) is 9.75. The molecule has 0 spiro atoms. The first kappa shape index (κ1) is 20.4. The Morgan fingerprint density at radius 1 is 1.14 bits per heavy atom. The van der Waals surface area contributed by atoms with Crippen molar-refractivity contribution < 1.29 is 14.3 Å². The summed E-state index contributed by atoms with van der Waals surface area (Å²) in [5.74, 6) is 1.79. The number of nitrogens with zero attached hydrogens (tertiary/aromatic N) is 3. The maximum absolute atomic E-state index is 12.2. The molecule has 0 N–H and O–H groups in total. The monoisotopic (exact) mass is 461 g/mol. The molecule has 146 valence electrons. The summed E-state index contributed by atoms with van der Waals surface area (Å²) in [6.45, 7) is 0.536. The fourth-order valence-corrected chi connectivity index (χ4v) is 3.79. The molecule has 0 saturated carbocycles. The van der Waals surface area contributed by atoms with Gasteiger partial charge < -0.3 is 9.47 Å². The molecule has 0 atom stereocenters. The number of amides is 1. The number of hydrogen-bond donors (Lipinski definition) is 0. The van der Waals surface area contributed by atoms with Crippen LogP contribution in [0.2, 0.25) is 0 Å². The summed E-state index contributed by atoms with van der Waals surface area (Å²) in [4.78, 5) is 13.9. The predicted molar refractivity (Wildman–Crippen MR) is 117 cm³/mol. The highest BCUT2D eigenvalue weighted by Crippen LogP contribution is 2.28. The maximum Gasteiger partial charge on any atom is 0.239 e. The van der Waals surface area contributed by atoms with E-state index in [0.29, 0.717) is 35.4 Å². The second-order valence-corrected chi connectivity index (χ2v) is 7.81. The smallest absolute Gasteiger partial charge is 0.239 e. The van der Waals surface area contributed by atoms with Gasteiger partial charge in [0.15, 0.2) is 16.7 Å². The van der Waals surface area contributed by atoms with Gasteiger partial charge in [0.25, 0.3) is 0 Å². The molecule has 28 heavy (non-hydrogen) atoms. The zero-order valence-corrected chi connectivity index (χ0v) is 18.0. The molecule has 3 rings (SSSR count). The van der Waals surface area contributed by atoms with Crippen molar-refractivity contribution in [2.45, 2.75) is 6.42 Å². The first-order chi connectivity index (χ1) is 13.6. The van der Waals surface area contributed by atoms with Crippen LogP contribution >= 0.6 is 27.7 Å². The van der Waals surface area contributed by atoms with Gasteiger partial charge in [0, 0.05) is 11.0 Å². The third-order valence-electron chi connectivity index (χ3n) is 4.15. The third kappa shape index (κ3) is 5.14. The van der Waals surface area contributed by atoms with Gasteiger partial charge in [-0.1, -0.05) is 45.9 Å². The quantitative estimate of drug-likeness (QED) is 0.462. The molecule has 1 heterocycles. The van der Waals surface area contributed by atoms with Gasteiger partial charge in [-0.2, -0.15) is 5.10 Å². The zero-order chi connectivity index (χ0) is 19.9. The lowest BCUT2D eigenvalue weighted by atomic mass is 10.1. The number of halogens is 1. The standard InChI is InChI=1S/C20H20BrN3O3S/c1-26-17-8-5-14(11-18(17)27-2)9-10-24-19(25)13-28-20(24)23-22-12-15-3-6-16(21)7-4-15/h3-8,11-12H,9-10,13H2,1-2H3/b22-12+,23-20+. The molecule has 0 bridgehead atoms. The van der Waals surface area contributed by atoms with Crippen molar-refractivity contribution in [1.82, 2.24) is 4.90 Å². The lowest BCUT2D eigenvalue weighted by Crippen LogP contribution is -2.31. The second-order valence-electron chi connectivity index (χ2n) is 5.95. The number of methoxy groups -OCH3 is 2. The minimum atomic E-state index is 0.0445. The molecule has 0 unspecified atom stereocenters. The SMILES string of the molecule is COc1ccc(CCN2C(=O)CS/C2=N/N=C/c2ccc(Br)cc2)cc1OC. The van der Waals surface area contributed by atoms with E-state index in [1.54, 1.807) is 25.3 Å². The zero-order valence-electron chi connectivity index (χ0n) is 15.6. The van der Waals surface area contributed by atoms with Crippen LogP contribution in [0, 0.1) is 0 Å². The Bertz CT molecular complexity index is 900. The van der Waals surface area contributed by atoms with Crippen molar-refractivity contribution >= 4 is 45.0 Å². The van der Waals surface area contributed by atoms with E-state index < -0.39 is 0 Å². The van der Waals surface area contributed by atoms with Crippen LogP contribution in [0.1, 0.15) is 11.1 Å². The van der Waals surface area contributed by atoms with Crippen molar-refractivity contribution in [3.05, 3.63) is 58.1 Å². The van der Waals surface area contributed by atoms with E-state index in [9.17, 15) is 4.79 Å². The molecule has 1 saturated heterocycles. The molecule has 0 radical (unpaired) electrons. The number of benzene rings is 2. The molecule has 2 aromatic rings. The normalized spacial score (nSPS) is 15.6. The first-order valence-electron chi connectivity index (χ1n) is 8.61. The molecule has 1 aliphatic heterocycles. The summed E-state index contributed by atoms with van der Waals surface area (Å²) in [7, 11) is 3.21. The van der Waals surface area contributed by atoms with Gasteiger partial charge in [0.05, 0.1) is 26.2 Å². The maximum atomic E-state index is 12.2. The number of ether oxygens (including phenoxy) is 2. The summed E-state index contributed by atoms with van der Waals surface area (Å²) in [5.41, 5.74) is 2.00. The van der Waals surface area contributed by atoms with Crippen LogP contribution in [-0.2, 0) is 11.2 Å². The Morgan fingerprint density at radius 3 is 2.61 bits per heavy atom. The lowest BCUT2D eigenvalue weighted by molar-refractivity contribution is -0.124. The predicted octanol–water partition coefficient (Wildman–Crippen LogP) is 3.97. The lowest BCUT2D eigenvalue weighted by Gasteiger charge is -2.15. The Morgan fingerprint density at radius 2 is 1.89 bits per heavy atom. The number of rotatable bonds is 7. The number of hydrogen-bond acceptors (Lipinski definition) is 6. The summed E-state index contributed by atoms with van der Waals surface area (Å²) >= 11 is 4.81. The van der Waals surface area contributed by atoms with Crippen molar-refractivity contribution in [2.75, 3.05) is 26.5 Å². The first-order valence-corrected chi connectivity index (χ1v) is 10.4. The van der Waals surface area contributed by atoms with Crippen LogP contribution < -0.4 is 9.47 Å². The number of carbonyl (C=O) groups excluding carboxylic acids is 1. The van der Waals surface area contributed by atoms with E-state index in [-0.39, 0.29) is 5.91 Å². The molecule has 2 aromatic carbocycles. The van der Waals surface area contributed by atoms with E-state index in [4.69, 9.17) is 9.47 Å². The van der Waals surface area contributed by atoms with E-state index in [2.05, 4.69) is 26.1 Å². The van der Waals surface area contributed by atoms with Crippen molar-refractivity contribution in [1.29, 1.82) is 0 Å². The number of carbonyl (C=O) groups is 1. The topological polar surface area (TPSA) is 63.5 Å². The Hall–Kier alpha value is -2.32. The van der Waals surface area contributed by atoms with E-state index in [1.165, 1.54) is 11.8 Å². The van der Waals surface area contributed by atoms with Gasteiger partial charge in [0.2, 0.25) is 5.91 Å². The summed E-state index contributed by atoms with van der Waals surface area (Å²) < 4.78 is 11.6. The van der Waals surface area contributed by atoms with E-state index >= 15 is 0 Å². The molecular weight excluding hydrogens is 442 g/mol. The van der Waals surface area contributed by atoms with E-state index in [1.807, 2.05) is 42.5 Å². The molecule has 1 aliphatic rings. The molecule has 0 aromatic heterocycles. The van der Waals surface area contributed by atoms with Crippen LogP contribution in [0.5, 0.6) is 11.5 Å². The van der Waals surface area contributed by atoms with Crippen LogP contribution in [0.25, 0.3) is 0 Å². The van der Waals surface area contributed by atoms with E-state index in [0.717, 1.165) is 15.6 Å². The summed E-state index contributed by atoms with van der Waals surface area (Å²) in [6, 6.07) is 13.5. The molecule has 6 nitrogen and oxygen atoms in total.